The van der Waals surface area contributed by atoms with E-state index in [9.17, 15) is 19.2 Å². The Bertz CT molecular complexity index is 1460. The molecular weight excluding hydrogens is 566 g/mol. The van der Waals surface area contributed by atoms with Crippen molar-refractivity contribution >= 4 is 40.7 Å². The fourth-order valence-electron chi connectivity index (χ4n) is 5.54. The number of amides is 3. The Balaban J connectivity index is 1.54. The number of aromatic nitrogens is 1. The van der Waals surface area contributed by atoms with Gasteiger partial charge in [0.1, 0.15) is 24.3 Å². The van der Waals surface area contributed by atoms with Crippen LogP contribution in [-0.2, 0) is 33.4 Å². The maximum atomic E-state index is 13.8. The first-order valence-electron chi connectivity index (χ1n) is 15.0. The average molecular weight is 608 g/mol. The Morgan fingerprint density at radius 1 is 0.955 bits per heavy atom. The van der Waals surface area contributed by atoms with Crippen LogP contribution in [0.1, 0.15) is 64.8 Å². The Kier molecular flexibility index (Phi) is 9.05. The van der Waals surface area contributed by atoms with E-state index < -0.39 is 52.8 Å². The maximum Gasteiger partial charge on any atom is 0.321 e. The minimum absolute atomic E-state index is 0.00465. The molecule has 0 saturated carbocycles. The van der Waals surface area contributed by atoms with Gasteiger partial charge in [0.05, 0.1) is 30.5 Å². The van der Waals surface area contributed by atoms with E-state index in [4.69, 9.17) is 19.2 Å². The molecule has 0 aliphatic carbocycles. The zero-order valence-corrected chi connectivity index (χ0v) is 25.8. The van der Waals surface area contributed by atoms with E-state index in [0.717, 1.165) is 16.5 Å². The summed E-state index contributed by atoms with van der Waals surface area (Å²) in [6, 6.07) is 7.58. The van der Waals surface area contributed by atoms with Crippen LogP contribution in [0.25, 0.3) is 17.0 Å². The lowest BCUT2D eigenvalue weighted by Gasteiger charge is -2.37. The highest BCUT2D eigenvalue weighted by Crippen LogP contribution is 2.32. The third-order valence-electron chi connectivity index (χ3n) is 8.17. The number of pyridine rings is 1. The lowest BCUT2D eigenvalue weighted by Crippen LogP contribution is -2.61. The van der Waals surface area contributed by atoms with Crippen molar-refractivity contribution in [1.29, 1.82) is 0 Å². The molecule has 44 heavy (non-hydrogen) atoms. The van der Waals surface area contributed by atoms with Gasteiger partial charge in [-0.2, -0.15) is 0 Å². The van der Waals surface area contributed by atoms with E-state index in [1.54, 1.807) is 39.8 Å². The van der Waals surface area contributed by atoms with E-state index in [0.29, 0.717) is 25.1 Å². The molecule has 236 valence electrons. The molecule has 1 aromatic carbocycles. The average Bonchev–Trinajstić information content (AvgIpc) is 3.01. The third kappa shape index (κ3) is 6.77. The number of hydrogen-bond acceptors (Lipinski definition) is 9. The van der Waals surface area contributed by atoms with Gasteiger partial charge in [-0.25, -0.2) is 5.43 Å². The first-order valence-corrected chi connectivity index (χ1v) is 15.0. The number of nitrogens with zero attached hydrogens (tertiary/aromatic N) is 2. The fraction of sp³-hybridized carbons (Fsp3) is 0.531. The fourth-order valence-corrected chi connectivity index (χ4v) is 5.54. The van der Waals surface area contributed by atoms with Crippen molar-refractivity contribution in [2.75, 3.05) is 26.6 Å². The van der Waals surface area contributed by atoms with Crippen molar-refractivity contribution in [3.05, 3.63) is 47.7 Å². The third-order valence-corrected chi connectivity index (χ3v) is 8.17. The van der Waals surface area contributed by atoms with Crippen LogP contribution in [0.4, 0.5) is 0 Å². The Morgan fingerprint density at radius 3 is 2.39 bits per heavy atom. The monoisotopic (exact) mass is 607 g/mol. The quantitative estimate of drug-likeness (QED) is 0.384. The van der Waals surface area contributed by atoms with Gasteiger partial charge in [0.25, 0.3) is 11.8 Å². The first kappa shape index (κ1) is 31.6. The van der Waals surface area contributed by atoms with Crippen molar-refractivity contribution in [3.63, 3.8) is 0 Å². The topological polar surface area (TPSA) is 148 Å². The Labute approximate surface area is 256 Å². The zero-order chi connectivity index (χ0) is 31.6. The van der Waals surface area contributed by atoms with Crippen molar-refractivity contribution in [2.24, 2.45) is 10.8 Å². The molecule has 3 aliphatic rings. The van der Waals surface area contributed by atoms with Crippen LogP contribution >= 0.6 is 0 Å². The van der Waals surface area contributed by atoms with Gasteiger partial charge in [-0.15, -0.1) is 0 Å². The van der Waals surface area contributed by atoms with Crippen molar-refractivity contribution in [1.82, 2.24) is 26.1 Å². The molecule has 2 aromatic rings. The largest absolute Gasteiger partial charge is 0.451 e. The predicted molar refractivity (Wildman–Crippen MR) is 161 cm³/mol. The number of fused-ring (bicyclic) bond motifs is 4. The number of cyclic esters (lactones) is 1. The van der Waals surface area contributed by atoms with Crippen LogP contribution in [0.15, 0.2) is 36.4 Å². The number of carbonyl (C=O) groups excluding carboxylic acids is 4. The SMILES string of the molecule is C[C@@H]1NC(=O)[C@H](C(C)(C)C)OC(=O)C2(/C=C/c3ccc4ccc(nc4c3)[C@@H](C)NC(=O)[C@@H]3CCCN(N3)C1=O)COCOC2. The molecule has 4 heterocycles. The van der Waals surface area contributed by atoms with E-state index >= 15 is 0 Å². The summed E-state index contributed by atoms with van der Waals surface area (Å²) in [5, 5.41) is 8.02. The number of hydrazine groups is 1. The maximum absolute atomic E-state index is 13.8. The van der Waals surface area contributed by atoms with E-state index in [2.05, 4.69) is 16.1 Å². The number of rotatable bonds is 0. The van der Waals surface area contributed by atoms with Gasteiger partial charge in [0.2, 0.25) is 5.91 Å². The number of benzene rings is 1. The lowest BCUT2D eigenvalue weighted by atomic mass is 9.85. The van der Waals surface area contributed by atoms with Crippen LogP contribution in [0.2, 0.25) is 0 Å². The highest BCUT2D eigenvalue weighted by molar-refractivity contribution is 5.92. The number of ether oxygens (including phenoxy) is 3. The molecule has 3 N–H and O–H groups in total. The second-order valence-electron chi connectivity index (χ2n) is 12.9. The van der Waals surface area contributed by atoms with Gasteiger partial charge in [-0.1, -0.05) is 51.1 Å². The molecule has 2 saturated heterocycles. The molecule has 3 aliphatic heterocycles. The van der Waals surface area contributed by atoms with Crippen molar-refractivity contribution < 1.29 is 33.4 Å². The number of hydrogen-bond donors (Lipinski definition) is 3. The normalized spacial score (nSPS) is 27.9. The molecular formula is C32H41N5O7. The molecule has 0 unspecified atom stereocenters. The molecule has 1 spiro atoms. The van der Waals surface area contributed by atoms with Crippen molar-refractivity contribution in [3.8, 4) is 0 Å². The van der Waals surface area contributed by atoms with Crippen LogP contribution in [0, 0.1) is 10.8 Å². The van der Waals surface area contributed by atoms with Crippen LogP contribution in [0.5, 0.6) is 0 Å². The molecule has 4 atom stereocenters. The van der Waals surface area contributed by atoms with E-state index in [1.165, 1.54) is 5.01 Å². The highest BCUT2D eigenvalue weighted by Gasteiger charge is 2.45. The molecule has 1 aromatic heterocycles. The highest BCUT2D eigenvalue weighted by atomic mass is 16.7. The molecule has 5 bridgehead atoms. The predicted octanol–water partition coefficient (Wildman–Crippen LogP) is 2.39. The molecule has 5 rings (SSSR count). The summed E-state index contributed by atoms with van der Waals surface area (Å²) < 4.78 is 17.0. The Hall–Kier alpha value is -3.87. The molecule has 3 amide bonds. The molecule has 12 nitrogen and oxygen atoms in total. The summed E-state index contributed by atoms with van der Waals surface area (Å²) in [6.45, 7) is 9.18. The summed E-state index contributed by atoms with van der Waals surface area (Å²) in [6.07, 6.45) is 3.40. The minimum atomic E-state index is -1.31. The zero-order valence-electron chi connectivity index (χ0n) is 25.8. The molecule has 2 fully saturated rings. The van der Waals surface area contributed by atoms with Crippen LogP contribution in [-0.4, -0.2) is 78.4 Å². The van der Waals surface area contributed by atoms with E-state index in [1.807, 2.05) is 37.3 Å². The second kappa shape index (κ2) is 12.6. The second-order valence-corrected chi connectivity index (χ2v) is 12.9. The summed E-state index contributed by atoms with van der Waals surface area (Å²) >= 11 is 0. The number of nitrogens with one attached hydrogen (secondary N) is 3. The van der Waals surface area contributed by atoms with Gasteiger partial charge in [0, 0.05) is 17.3 Å². The van der Waals surface area contributed by atoms with Crippen LogP contribution in [0.3, 0.4) is 0 Å². The van der Waals surface area contributed by atoms with Gasteiger partial charge < -0.3 is 24.8 Å². The van der Waals surface area contributed by atoms with Gasteiger partial charge >= 0.3 is 5.97 Å². The molecule has 0 radical (unpaired) electrons. The summed E-state index contributed by atoms with van der Waals surface area (Å²) in [4.78, 5) is 58.8. The summed E-state index contributed by atoms with van der Waals surface area (Å²) in [7, 11) is 0. The smallest absolute Gasteiger partial charge is 0.321 e. The van der Waals surface area contributed by atoms with Crippen LogP contribution < -0.4 is 16.1 Å². The summed E-state index contributed by atoms with van der Waals surface area (Å²) in [5.74, 6) is -1.94. The minimum Gasteiger partial charge on any atom is -0.451 e. The standard InChI is InChI=1S/C32H41N5O7/c1-19-23-11-10-22-9-8-21(15-25(22)35-23)12-13-32(16-42-18-43-17-32)30(41)44-26(31(3,4)5)28(39)34-20(2)29(40)37-14-6-7-24(36-37)27(38)33-19/h8-13,15,19-20,24,26,36H,6-7,14,16-18H2,1-5H3,(H,33,38)(H,34,39)/b13-12+/t19-,20+,24+,26-/m1/s1. The summed E-state index contributed by atoms with van der Waals surface area (Å²) in [5.41, 5.74) is 3.10. The van der Waals surface area contributed by atoms with Gasteiger partial charge in [-0.3, -0.25) is 29.2 Å². The number of carbonyl (C=O) groups is 4. The first-order chi connectivity index (χ1) is 20.9. The lowest BCUT2D eigenvalue weighted by molar-refractivity contribution is -0.195. The van der Waals surface area contributed by atoms with Gasteiger partial charge in [0.15, 0.2) is 6.10 Å². The van der Waals surface area contributed by atoms with E-state index in [-0.39, 0.29) is 25.9 Å². The molecule has 12 heteroatoms. The van der Waals surface area contributed by atoms with Crippen molar-refractivity contribution in [2.45, 2.75) is 71.7 Å². The Morgan fingerprint density at radius 2 is 1.66 bits per heavy atom. The number of esters is 1. The van der Waals surface area contributed by atoms with Gasteiger partial charge in [-0.05, 0) is 44.4 Å².